The fourth-order valence-electron chi connectivity index (χ4n) is 8.36. The van der Waals surface area contributed by atoms with E-state index < -0.39 is 0 Å². The molecule has 11 nitrogen and oxygen atoms in total. The van der Waals surface area contributed by atoms with Gasteiger partial charge in [0.2, 0.25) is 17.8 Å². The highest BCUT2D eigenvalue weighted by atomic mass is 16.3. The Labute approximate surface area is 317 Å². The molecular weight excluding hydrogens is 689 g/mol. The van der Waals surface area contributed by atoms with Crippen LogP contribution in [0, 0.1) is 0 Å². The molecule has 3 aliphatic rings. The Morgan fingerprint density at radius 2 is 1.45 bits per heavy atom. The number of hydrogen-bond donors (Lipinski definition) is 5. The minimum Gasteiger partial charge on any atom is -0.510 e. The number of aromatic nitrogens is 3. The fourth-order valence-corrected chi connectivity index (χ4v) is 8.36. The molecule has 0 bridgehead atoms. The van der Waals surface area contributed by atoms with E-state index in [9.17, 15) is 14.7 Å². The Kier molecular flexibility index (Phi) is 8.86. The quantitative estimate of drug-likeness (QED) is 0.0360. The van der Waals surface area contributed by atoms with Gasteiger partial charge in [0, 0.05) is 81.0 Å². The van der Waals surface area contributed by atoms with Crippen LogP contribution in [-0.4, -0.2) is 64.2 Å². The summed E-state index contributed by atoms with van der Waals surface area (Å²) >= 11 is 0. The number of nitrogens with one attached hydrogen (secondary N) is 4. The van der Waals surface area contributed by atoms with Crippen molar-refractivity contribution in [3.05, 3.63) is 111 Å². The molecular formula is C44H42N8O3. The van der Waals surface area contributed by atoms with Crippen LogP contribution < -0.4 is 32.1 Å². The number of anilines is 5. The van der Waals surface area contributed by atoms with Gasteiger partial charge in [0.25, 0.3) is 0 Å². The van der Waals surface area contributed by atoms with Gasteiger partial charge in [0.15, 0.2) is 10.9 Å². The molecule has 2 heterocycles. The van der Waals surface area contributed by atoms with E-state index in [2.05, 4.69) is 48.0 Å². The van der Waals surface area contributed by atoms with Crippen molar-refractivity contribution < 1.29 is 5.11 Å². The topological polar surface area (TPSA) is 144 Å². The smallest absolute Gasteiger partial charge is 0.233 e. The summed E-state index contributed by atoms with van der Waals surface area (Å²) in [4.78, 5) is 43.7. The molecule has 55 heavy (non-hydrogen) atoms. The maximum Gasteiger partial charge on any atom is 0.233 e. The van der Waals surface area contributed by atoms with E-state index in [0.717, 1.165) is 69.1 Å². The van der Waals surface area contributed by atoms with Crippen molar-refractivity contribution in [3.63, 3.8) is 0 Å². The maximum absolute atomic E-state index is 13.8. The van der Waals surface area contributed by atoms with Crippen LogP contribution in [0.15, 0.2) is 94.2 Å². The summed E-state index contributed by atoms with van der Waals surface area (Å²) in [6.45, 7) is 5.50. The number of rotatable bonds is 12. The lowest BCUT2D eigenvalue weighted by Gasteiger charge is -2.33. The van der Waals surface area contributed by atoms with E-state index in [4.69, 9.17) is 0 Å². The van der Waals surface area contributed by atoms with Gasteiger partial charge >= 0.3 is 0 Å². The summed E-state index contributed by atoms with van der Waals surface area (Å²) in [5.74, 6) is 1.53. The van der Waals surface area contributed by atoms with Crippen LogP contribution in [-0.2, 0) is 0 Å². The first kappa shape index (κ1) is 34.4. The number of aliphatic hydroxyl groups excluding tert-OH is 1. The second kappa shape index (κ2) is 14.1. The SMILES string of the molecule is CNc1nc(NCCCN2CCCCC2C)nc(Nc2ccc(NC/C(O)=C/c3ccc4c(=O)c5ccc6cccc7c(=O)c8ccc3c4c8-c5c67)cc2)n1. The molecule has 9 rings (SSSR count). The van der Waals surface area contributed by atoms with E-state index >= 15 is 0 Å². The molecule has 0 spiro atoms. The minimum atomic E-state index is -0.0570. The van der Waals surface area contributed by atoms with Crippen molar-refractivity contribution in [2.45, 2.75) is 38.6 Å². The van der Waals surface area contributed by atoms with Gasteiger partial charge in [-0.1, -0.05) is 42.8 Å². The molecule has 0 amide bonds. The average molecular weight is 731 g/mol. The first-order valence-corrected chi connectivity index (χ1v) is 19.0. The number of hydrogen-bond acceptors (Lipinski definition) is 11. The van der Waals surface area contributed by atoms with Crippen molar-refractivity contribution >= 4 is 78.4 Å². The van der Waals surface area contributed by atoms with Gasteiger partial charge in [-0.3, -0.25) is 9.59 Å². The summed E-state index contributed by atoms with van der Waals surface area (Å²) in [6, 6.07) is 25.2. The molecule has 1 aromatic heterocycles. The van der Waals surface area contributed by atoms with Crippen molar-refractivity contribution in [1.29, 1.82) is 0 Å². The Bertz CT molecular complexity index is 2770. The normalized spacial score (nSPS) is 15.5. The number of nitrogens with zero attached hydrogens (tertiary/aromatic N) is 4. The summed E-state index contributed by atoms with van der Waals surface area (Å²) in [5, 5.41) is 29.8. The lowest BCUT2D eigenvalue weighted by atomic mass is 9.80. The summed E-state index contributed by atoms with van der Waals surface area (Å²) < 4.78 is 0. The van der Waals surface area contributed by atoms with Gasteiger partial charge in [0.05, 0.1) is 6.54 Å². The van der Waals surface area contributed by atoms with Crippen LogP contribution in [0.4, 0.5) is 29.2 Å². The van der Waals surface area contributed by atoms with Gasteiger partial charge < -0.3 is 31.3 Å². The third-order valence-electron chi connectivity index (χ3n) is 11.1. The van der Waals surface area contributed by atoms with Crippen molar-refractivity contribution in [3.8, 4) is 11.1 Å². The van der Waals surface area contributed by atoms with Gasteiger partial charge in [-0.15, -0.1) is 0 Å². The standard InChI is InChI=1S/C44H42N8O3/c1-25-7-3-4-21-52(25)22-6-20-46-43-49-42(45-2)50-44(51-43)48-29-14-12-28(13-15-29)47-24-30(53)23-27-11-17-33-37-31(27)18-19-35-39(37)38-34(41(33)55)16-10-26-8-5-9-32(36(26)38)40(35)54/h5,8-19,23,25,47,53H,3-4,6-7,20-22,24H2,1-2H3,(H3,45,46,48,49,50,51)/b30-23-. The van der Waals surface area contributed by atoms with E-state index in [1.165, 1.54) is 25.8 Å². The second-order valence-electron chi connectivity index (χ2n) is 14.6. The summed E-state index contributed by atoms with van der Waals surface area (Å²) in [5.41, 5.74) is 3.92. The molecule has 276 valence electrons. The molecule has 5 N–H and O–H groups in total. The minimum absolute atomic E-state index is 0.0388. The highest BCUT2D eigenvalue weighted by Crippen LogP contribution is 2.45. The molecule has 1 fully saturated rings. The van der Waals surface area contributed by atoms with Crippen LogP contribution in [0.3, 0.4) is 0 Å². The number of aliphatic hydroxyl groups is 1. The summed E-state index contributed by atoms with van der Waals surface area (Å²) in [6.07, 6.45) is 6.60. The number of piperidine rings is 1. The molecule has 0 saturated carbocycles. The highest BCUT2D eigenvalue weighted by Gasteiger charge is 2.26. The van der Waals surface area contributed by atoms with Crippen LogP contribution in [0.25, 0.3) is 60.3 Å². The molecule has 5 aromatic carbocycles. The molecule has 0 radical (unpaired) electrons. The average Bonchev–Trinajstić information content (AvgIpc) is 3.21. The molecule has 1 aliphatic heterocycles. The largest absolute Gasteiger partial charge is 0.510 e. The predicted octanol–water partition coefficient (Wildman–Crippen LogP) is 8.10. The highest BCUT2D eigenvalue weighted by molar-refractivity contribution is 6.28. The molecule has 2 aliphatic carbocycles. The van der Waals surface area contributed by atoms with E-state index in [-0.39, 0.29) is 23.2 Å². The third kappa shape index (κ3) is 6.30. The number of benzene rings is 7. The van der Waals surface area contributed by atoms with E-state index in [1.807, 2.05) is 78.9 Å². The van der Waals surface area contributed by atoms with Crippen LogP contribution in [0.2, 0.25) is 0 Å². The zero-order valence-corrected chi connectivity index (χ0v) is 30.9. The Balaban J connectivity index is 0.895. The van der Waals surface area contributed by atoms with Crippen molar-refractivity contribution in [2.75, 3.05) is 54.5 Å². The third-order valence-corrected chi connectivity index (χ3v) is 11.1. The Hall–Kier alpha value is -6.33. The van der Waals surface area contributed by atoms with Gasteiger partial charge in [-0.25, -0.2) is 0 Å². The zero-order valence-electron chi connectivity index (χ0n) is 30.9. The molecule has 11 heteroatoms. The molecule has 1 saturated heterocycles. The first-order chi connectivity index (χ1) is 26.9. The van der Waals surface area contributed by atoms with E-state index in [0.29, 0.717) is 45.4 Å². The maximum atomic E-state index is 13.8. The van der Waals surface area contributed by atoms with Crippen LogP contribution >= 0.6 is 0 Å². The molecule has 1 atom stereocenters. The van der Waals surface area contributed by atoms with Crippen LogP contribution in [0.1, 0.15) is 38.2 Å². The zero-order chi connectivity index (χ0) is 37.6. The predicted molar refractivity (Wildman–Crippen MR) is 225 cm³/mol. The molecule has 1 unspecified atom stereocenters. The lowest BCUT2D eigenvalue weighted by molar-refractivity contribution is 0.160. The van der Waals surface area contributed by atoms with Crippen LogP contribution in [0.5, 0.6) is 0 Å². The number of likely N-dealkylation sites (tertiary alicyclic amines) is 1. The fraction of sp³-hybridized carbons (Fsp3) is 0.250. The van der Waals surface area contributed by atoms with Crippen molar-refractivity contribution in [1.82, 2.24) is 19.9 Å². The van der Waals surface area contributed by atoms with Gasteiger partial charge in [-0.2, -0.15) is 15.0 Å². The lowest BCUT2D eigenvalue weighted by Crippen LogP contribution is -2.38. The van der Waals surface area contributed by atoms with Gasteiger partial charge in [-0.05, 0) is 97.6 Å². The Morgan fingerprint density at radius 1 is 0.764 bits per heavy atom. The Morgan fingerprint density at radius 3 is 2.25 bits per heavy atom. The van der Waals surface area contributed by atoms with Gasteiger partial charge in [0.1, 0.15) is 5.76 Å². The van der Waals surface area contributed by atoms with Crippen molar-refractivity contribution in [2.24, 2.45) is 0 Å². The monoisotopic (exact) mass is 730 g/mol. The molecule has 6 aromatic rings. The summed E-state index contributed by atoms with van der Waals surface area (Å²) in [7, 11) is 1.78. The second-order valence-corrected chi connectivity index (χ2v) is 14.6. The first-order valence-electron chi connectivity index (χ1n) is 19.0. The van der Waals surface area contributed by atoms with E-state index in [1.54, 1.807) is 13.1 Å².